The lowest BCUT2D eigenvalue weighted by molar-refractivity contribution is -0.135. The molecule has 1 saturated heterocycles. The monoisotopic (exact) mass is 257 g/mol. The van der Waals surface area contributed by atoms with Gasteiger partial charge in [-0.05, 0) is 20.3 Å². The first-order valence-corrected chi connectivity index (χ1v) is 6.96. The average molecular weight is 257 g/mol. The third-order valence-electron chi connectivity index (χ3n) is 3.50. The maximum atomic E-state index is 11.9. The fourth-order valence-corrected chi connectivity index (χ4v) is 2.39. The molecule has 5 nitrogen and oxygen atoms in total. The van der Waals surface area contributed by atoms with Crippen LogP contribution in [0.1, 0.15) is 27.2 Å². The van der Waals surface area contributed by atoms with Crippen LogP contribution in [0.3, 0.4) is 0 Å². The Labute approximate surface area is 110 Å². The van der Waals surface area contributed by atoms with Crippen molar-refractivity contribution in [2.75, 3.05) is 39.4 Å². The van der Waals surface area contributed by atoms with Crippen LogP contribution in [0.15, 0.2) is 0 Å². The van der Waals surface area contributed by atoms with Crippen LogP contribution in [0.4, 0.5) is 0 Å². The van der Waals surface area contributed by atoms with Gasteiger partial charge in [0.1, 0.15) is 0 Å². The number of ether oxygens (including phenoxy) is 1. The van der Waals surface area contributed by atoms with Crippen LogP contribution in [-0.4, -0.2) is 67.2 Å². The molecule has 5 heteroatoms. The Kier molecular flexibility index (Phi) is 6.60. The Balaban J connectivity index is 2.46. The molecule has 1 aliphatic heterocycles. The summed E-state index contributed by atoms with van der Waals surface area (Å²) in [5.41, 5.74) is 5.66. The van der Waals surface area contributed by atoms with Crippen LogP contribution in [0.5, 0.6) is 0 Å². The Morgan fingerprint density at radius 3 is 2.72 bits per heavy atom. The van der Waals surface area contributed by atoms with E-state index in [1.807, 2.05) is 11.8 Å². The van der Waals surface area contributed by atoms with E-state index in [9.17, 15) is 4.79 Å². The molecule has 0 aromatic rings. The number of carbonyl (C=O) groups excluding carboxylic acids is 1. The molecule has 1 amide bonds. The molecule has 2 atom stereocenters. The Hall–Kier alpha value is -0.650. The lowest BCUT2D eigenvalue weighted by Crippen LogP contribution is -2.57. The number of rotatable bonds is 6. The number of nitrogens with zero attached hydrogens (tertiary/aromatic N) is 2. The summed E-state index contributed by atoms with van der Waals surface area (Å²) in [4.78, 5) is 16.2. The highest BCUT2D eigenvalue weighted by Gasteiger charge is 2.29. The van der Waals surface area contributed by atoms with E-state index >= 15 is 0 Å². The molecule has 0 bridgehead atoms. The summed E-state index contributed by atoms with van der Waals surface area (Å²) in [6.45, 7) is 10.9. The van der Waals surface area contributed by atoms with Crippen molar-refractivity contribution in [2.45, 2.75) is 39.3 Å². The molecular formula is C13H27N3O2. The van der Waals surface area contributed by atoms with Crippen molar-refractivity contribution in [3.63, 3.8) is 0 Å². The molecule has 106 valence electrons. The Morgan fingerprint density at radius 2 is 2.17 bits per heavy atom. The molecule has 1 rings (SSSR count). The van der Waals surface area contributed by atoms with E-state index in [1.165, 1.54) is 0 Å². The van der Waals surface area contributed by atoms with Gasteiger partial charge in [-0.3, -0.25) is 9.69 Å². The second-order valence-electron chi connectivity index (χ2n) is 4.87. The normalized spacial score (nSPS) is 23.1. The van der Waals surface area contributed by atoms with Gasteiger partial charge < -0.3 is 15.4 Å². The van der Waals surface area contributed by atoms with Gasteiger partial charge in [0.05, 0.1) is 12.6 Å². The van der Waals surface area contributed by atoms with Crippen LogP contribution in [0, 0.1) is 0 Å². The van der Waals surface area contributed by atoms with Gasteiger partial charge in [-0.15, -0.1) is 0 Å². The van der Waals surface area contributed by atoms with Gasteiger partial charge in [0, 0.05) is 38.8 Å². The van der Waals surface area contributed by atoms with Crippen LogP contribution in [0.25, 0.3) is 0 Å². The molecule has 0 spiro atoms. The number of piperazine rings is 1. The van der Waals surface area contributed by atoms with E-state index in [4.69, 9.17) is 10.5 Å². The predicted octanol–water partition coefficient (Wildman–Crippen LogP) is 0.293. The highest BCUT2D eigenvalue weighted by molar-refractivity contribution is 5.81. The van der Waals surface area contributed by atoms with Crippen LogP contribution < -0.4 is 5.73 Å². The lowest BCUT2D eigenvalue weighted by atomic mass is 10.1. The van der Waals surface area contributed by atoms with Gasteiger partial charge >= 0.3 is 0 Å². The van der Waals surface area contributed by atoms with E-state index in [-0.39, 0.29) is 5.91 Å². The van der Waals surface area contributed by atoms with E-state index in [1.54, 1.807) is 6.92 Å². The van der Waals surface area contributed by atoms with E-state index in [0.717, 1.165) is 45.8 Å². The molecule has 18 heavy (non-hydrogen) atoms. The molecule has 2 N–H and O–H groups in total. The smallest absolute Gasteiger partial charge is 0.239 e. The molecule has 0 aromatic heterocycles. The standard InChI is InChI=1S/C13H27N3O2/c1-4-12-10-16(13(17)11(3)14)7-6-15(12)8-9-18-5-2/h11-12H,4-10,14H2,1-3H3. The van der Waals surface area contributed by atoms with Gasteiger partial charge in [-0.25, -0.2) is 0 Å². The fourth-order valence-electron chi connectivity index (χ4n) is 2.39. The van der Waals surface area contributed by atoms with Crippen molar-refractivity contribution in [1.29, 1.82) is 0 Å². The van der Waals surface area contributed by atoms with E-state index in [2.05, 4.69) is 11.8 Å². The molecule has 1 aliphatic rings. The quantitative estimate of drug-likeness (QED) is 0.695. The zero-order valence-electron chi connectivity index (χ0n) is 11.9. The van der Waals surface area contributed by atoms with Gasteiger partial charge in [-0.1, -0.05) is 6.92 Å². The largest absolute Gasteiger partial charge is 0.380 e. The summed E-state index contributed by atoms with van der Waals surface area (Å²) >= 11 is 0. The van der Waals surface area contributed by atoms with Crippen molar-refractivity contribution >= 4 is 5.91 Å². The first-order chi connectivity index (χ1) is 8.60. The van der Waals surface area contributed by atoms with Gasteiger partial charge in [-0.2, -0.15) is 0 Å². The van der Waals surface area contributed by atoms with Gasteiger partial charge in [0.15, 0.2) is 0 Å². The van der Waals surface area contributed by atoms with Crippen LogP contribution in [0.2, 0.25) is 0 Å². The highest BCUT2D eigenvalue weighted by atomic mass is 16.5. The molecule has 0 aliphatic carbocycles. The fraction of sp³-hybridized carbons (Fsp3) is 0.923. The second-order valence-corrected chi connectivity index (χ2v) is 4.87. The topological polar surface area (TPSA) is 58.8 Å². The summed E-state index contributed by atoms with van der Waals surface area (Å²) in [5, 5.41) is 0. The third-order valence-corrected chi connectivity index (χ3v) is 3.50. The number of carbonyl (C=O) groups is 1. The van der Waals surface area contributed by atoms with Crippen LogP contribution in [-0.2, 0) is 9.53 Å². The van der Waals surface area contributed by atoms with E-state index < -0.39 is 6.04 Å². The molecule has 1 heterocycles. The summed E-state index contributed by atoms with van der Waals surface area (Å²) in [6, 6.07) is 0.0411. The SMILES string of the molecule is CCOCCN1CCN(C(=O)C(C)N)CC1CC. The molecule has 2 unspecified atom stereocenters. The minimum absolute atomic E-state index is 0.0675. The first-order valence-electron chi connectivity index (χ1n) is 6.96. The summed E-state index contributed by atoms with van der Waals surface area (Å²) in [5.74, 6) is 0.0675. The highest BCUT2D eigenvalue weighted by Crippen LogP contribution is 2.13. The molecule has 0 radical (unpaired) electrons. The van der Waals surface area contributed by atoms with E-state index in [0.29, 0.717) is 6.04 Å². The minimum Gasteiger partial charge on any atom is -0.380 e. The summed E-state index contributed by atoms with van der Waals surface area (Å²) in [6.07, 6.45) is 1.05. The maximum absolute atomic E-state index is 11.9. The Bertz CT molecular complexity index is 259. The number of amides is 1. The molecule has 0 aromatic carbocycles. The maximum Gasteiger partial charge on any atom is 0.239 e. The van der Waals surface area contributed by atoms with Gasteiger partial charge in [0.25, 0.3) is 0 Å². The molecule has 0 saturated carbocycles. The second kappa shape index (κ2) is 7.71. The predicted molar refractivity (Wildman–Crippen MR) is 72.4 cm³/mol. The zero-order chi connectivity index (χ0) is 13.5. The first kappa shape index (κ1) is 15.4. The number of hydrogen-bond donors (Lipinski definition) is 1. The van der Waals surface area contributed by atoms with Crippen molar-refractivity contribution in [1.82, 2.24) is 9.80 Å². The third kappa shape index (κ3) is 4.23. The number of hydrogen-bond acceptors (Lipinski definition) is 4. The van der Waals surface area contributed by atoms with Crippen LogP contribution >= 0.6 is 0 Å². The number of nitrogens with two attached hydrogens (primary N) is 1. The molecular weight excluding hydrogens is 230 g/mol. The minimum atomic E-state index is -0.391. The zero-order valence-corrected chi connectivity index (χ0v) is 11.9. The summed E-state index contributed by atoms with van der Waals surface area (Å²) in [7, 11) is 0. The molecule has 1 fully saturated rings. The average Bonchev–Trinajstić information content (AvgIpc) is 2.38. The summed E-state index contributed by atoms with van der Waals surface area (Å²) < 4.78 is 5.40. The van der Waals surface area contributed by atoms with Crippen molar-refractivity contribution in [3.8, 4) is 0 Å². The van der Waals surface area contributed by atoms with Crippen molar-refractivity contribution in [2.24, 2.45) is 5.73 Å². The van der Waals surface area contributed by atoms with Crippen molar-refractivity contribution < 1.29 is 9.53 Å². The Morgan fingerprint density at radius 1 is 1.44 bits per heavy atom. The van der Waals surface area contributed by atoms with Crippen molar-refractivity contribution in [3.05, 3.63) is 0 Å². The lowest BCUT2D eigenvalue weighted by Gasteiger charge is -2.41. The van der Waals surface area contributed by atoms with Gasteiger partial charge in [0.2, 0.25) is 5.91 Å².